The van der Waals surface area contributed by atoms with Gasteiger partial charge in [0, 0.05) is 36.8 Å². The van der Waals surface area contributed by atoms with Crippen molar-refractivity contribution in [2.75, 3.05) is 44.9 Å². The molecule has 0 saturated heterocycles. The second-order valence-corrected chi connectivity index (χ2v) is 8.66. The number of fused-ring (bicyclic) bond motifs is 1. The number of pyridine rings is 1. The molecule has 0 fully saturated rings. The maximum absolute atomic E-state index is 12.1. The maximum Gasteiger partial charge on any atom is 0.253 e. The van der Waals surface area contributed by atoms with Gasteiger partial charge in [-0.05, 0) is 38.4 Å². The minimum absolute atomic E-state index is 0.169. The molecular formula is C25H24ClN5O5. The molecule has 0 unspecified atom stereocenters. The molecule has 11 heteroatoms. The maximum atomic E-state index is 12.1. The third-order valence-electron chi connectivity index (χ3n) is 5.49. The lowest BCUT2D eigenvalue weighted by molar-refractivity contribution is 0.0997. The summed E-state index contributed by atoms with van der Waals surface area (Å²) in [6.07, 6.45) is 1.56. The predicted octanol–water partition coefficient (Wildman–Crippen LogP) is 3.10. The van der Waals surface area contributed by atoms with Crippen LogP contribution in [0, 0.1) is 0 Å². The molecule has 1 amide bonds. The van der Waals surface area contributed by atoms with Crippen LogP contribution in [0.4, 0.5) is 17.1 Å². The van der Waals surface area contributed by atoms with Crippen molar-refractivity contribution in [3.63, 3.8) is 0 Å². The molecule has 4 rings (SSSR count). The first-order chi connectivity index (χ1) is 17.2. The first-order valence-corrected chi connectivity index (χ1v) is 11.3. The number of halogens is 1. The number of aromatic nitrogens is 1. The number of hydrogen-bond acceptors (Lipinski definition) is 9. The van der Waals surface area contributed by atoms with E-state index in [1.807, 2.05) is 19.0 Å². The van der Waals surface area contributed by atoms with E-state index in [1.54, 1.807) is 42.6 Å². The smallest absolute Gasteiger partial charge is 0.253 e. The van der Waals surface area contributed by atoms with Crippen LogP contribution in [0.25, 0.3) is 10.9 Å². The summed E-state index contributed by atoms with van der Waals surface area (Å²) in [5.74, 6) is 0.503. The topological polar surface area (TPSA) is 136 Å². The Hall–Kier alpha value is -4.15. The fraction of sp³-hybridized carbons (Fsp3) is 0.200. The first kappa shape index (κ1) is 25.0. The molecule has 0 atom stereocenters. The van der Waals surface area contributed by atoms with Gasteiger partial charge in [0.1, 0.15) is 28.6 Å². The second-order valence-electron chi connectivity index (χ2n) is 8.25. The molecule has 3 aromatic carbocycles. The van der Waals surface area contributed by atoms with E-state index in [9.17, 15) is 14.4 Å². The summed E-state index contributed by atoms with van der Waals surface area (Å²) in [5.41, 5.74) is 5.90. The highest BCUT2D eigenvalue weighted by Crippen LogP contribution is 2.36. The van der Waals surface area contributed by atoms with Crippen LogP contribution >= 0.6 is 11.6 Å². The largest absolute Gasteiger partial charge is 0.496 e. The Balaban J connectivity index is 1.57. The Labute approximate surface area is 211 Å². The molecule has 186 valence electrons. The van der Waals surface area contributed by atoms with Crippen molar-refractivity contribution in [3.8, 4) is 17.2 Å². The van der Waals surface area contributed by atoms with E-state index < -0.39 is 16.8 Å². The quantitative estimate of drug-likeness (QED) is 0.275. The summed E-state index contributed by atoms with van der Waals surface area (Å²) in [6, 6.07) is 9.68. The van der Waals surface area contributed by atoms with Gasteiger partial charge in [-0.1, -0.05) is 11.6 Å². The Kier molecular flexibility index (Phi) is 7.09. The van der Waals surface area contributed by atoms with Gasteiger partial charge in [-0.3, -0.25) is 19.4 Å². The van der Waals surface area contributed by atoms with Crippen LogP contribution in [-0.2, 0) is 0 Å². The molecular weight excluding hydrogens is 486 g/mol. The number of likely N-dealkylation sites (N-methyl/N-ethyl adjacent to an activating group) is 1. The van der Waals surface area contributed by atoms with E-state index in [-0.39, 0.29) is 22.0 Å². The van der Waals surface area contributed by atoms with Crippen molar-refractivity contribution in [2.45, 2.75) is 0 Å². The minimum Gasteiger partial charge on any atom is -0.496 e. The van der Waals surface area contributed by atoms with Gasteiger partial charge in [-0.15, -0.1) is 0 Å². The van der Waals surface area contributed by atoms with Gasteiger partial charge in [0.15, 0.2) is 0 Å². The van der Waals surface area contributed by atoms with E-state index in [0.29, 0.717) is 46.9 Å². The number of rotatable bonds is 10. The van der Waals surface area contributed by atoms with Crippen LogP contribution in [0.3, 0.4) is 0 Å². The van der Waals surface area contributed by atoms with Crippen LogP contribution < -0.4 is 36.7 Å². The van der Waals surface area contributed by atoms with Crippen molar-refractivity contribution in [1.29, 1.82) is 0 Å². The zero-order valence-corrected chi connectivity index (χ0v) is 20.6. The summed E-state index contributed by atoms with van der Waals surface area (Å²) in [7, 11) is 5.26. The summed E-state index contributed by atoms with van der Waals surface area (Å²) >= 11 is 6.44. The number of carbonyl (C=O) groups is 1. The molecule has 0 saturated carbocycles. The molecule has 4 aromatic rings. The Morgan fingerprint density at radius 3 is 2.50 bits per heavy atom. The van der Waals surface area contributed by atoms with Gasteiger partial charge in [0.2, 0.25) is 0 Å². The number of benzene rings is 2. The fourth-order valence-corrected chi connectivity index (χ4v) is 3.82. The van der Waals surface area contributed by atoms with Crippen molar-refractivity contribution >= 4 is 45.5 Å². The highest BCUT2D eigenvalue weighted by Gasteiger charge is 2.22. The van der Waals surface area contributed by atoms with Crippen LogP contribution in [0.15, 0.2) is 52.2 Å². The monoisotopic (exact) mass is 509 g/mol. The van der Waals surface area contributed by atoms with Gasteiger partial charge in [-0.25, -0.2) is 0 Å². The Bertz CT molecular complexity index is 1530. The molecule has 10 nitrogen and oxygen atoms in total. The zero-order valence-electron chi connectivity index (χ0n) is 19.8. The average Bonchev–Trinajstić information content (AvgIpc) is 2.85. The van der Waals surface area contributed by atoms with E-state index >= 15 is 0 Å². The highest BCUT2D eigenvalue weighted by molar-refractivity contribution is 6.33. The number of methoxy groups -OCH3 is 1. The number of carbonyl (C=O) groups excluding carboxylic acids is 1. The van der Waals surface area contributed by atoms with Crippen molar-refractivity contribution < 1.29 is 14.3 Å². The SMILES string of the molecule is COc1cc2nccc(Oc3ccc(Nc4c(NCCN(C)C)c(=O)c4=O)c(Cl)c3)c2cc1C(N)=O. The lowest BCUT2D eigenvalue weighted by atomic mass is 10.1. The van der Waals surface area contributed by atoms with Gasteiger partial charge >= 0.3 is 0 Å². The summed E-state index contributed by atoms with van der Waals surface area (Å²) in [6.45, 7) is 1.21. The van der Waals surface area contributed by atoms with Crippen LogP contribution in [0.1, 0.15) is 10.4 Å². The normalized spacial score (nSPS) is 11.1. The number of primary amides is 1. The van der Waals surface area contributed by atoms with Crippen molar-refractivity contribution in [3.05, 3.63) is 73.6 Å². The standard InChI is InChI=1S/C25H24ClN5O5/c1-31(2)9-8-29-21-22(24(33)23(21)32)30-17-5-4-13(10-16(17)26)36-19-6-7-28-18-12-20(35-3)15(25(27)34)11-14(18)19/h4-7,10-12,29-30H,8-9H2,1-3H3,(H2,27,34). The number of ether oxygens (including phenoxy) is 2. The summed E-state index contributed by atoms with van der Waals surface area (Å²) in [4.78, 5) is 42.2. The zero-order chi connectivity index (χ0) is 26.0. The molecule has 0 aliphatic heterocycles. The van der Waals surface area contributed by atoms with Gasteiger partial charge < -0.3 is 30.7 Å². The van der Waals surface area contributed by atoms with Gasteiger partial charge in [0.05, 0.1) is 28.9 Å². The lowest BCUT2D eigenvalue weighted by Gasteiger charge is -2.17. The van der Waals surface area contributed by atoms with E-state index in [1.165, 1.54) is 7.11 Å². The third-order valence-corrected chi connectivity index (χ3v) is 5.80. The number of nitrogens with zero attached hydrogens (tertiary/aromatic N) is 2. The molecule has 36 heavy (non-hydrogen) atoms. The van der Waals surface area contributed by atoms with Crippen LogP contribution in [0.2, 0.25) is 5.02 Å². The molecule has 4 N–H and O–H groups in total. The van der Waals surface area contributed by atoms with Gasteiger partial charge in [-0.2, -0.15) is 0 Å². The molecule has 1 heterocycles. The van der Waals surface area contributed by atoms with Crippen molar-refractivity contribution in [2.24, 2.45) is 5.73 Å². The number of nitrogens with two attached hydrogens (primary N) is 1. The van der Waals surface area contributed by atoms with E-state index in [2.05, 4.69) is 15.6 Å². The predicted molar refractivity (Wildman–Crippen MR) is 140 cm³/mol. The number of anilines is 3. The van der Waals surface area contributed by atoms with Crippen LogP contribution in [-0.4, -0.2) is 50.1 Å². The molecule has 1 aromatic heterocycles. The van der Waals surface area contributed by atoms with Crippen LogP contribution in [0.5, 0.6) is 17.2 Å². The molecule has 0 aliphatic carbocycles. The molecule has 0 aliphatic rings. The lowest BCUT2D eigenvalue weighted by Crippen LogP contribution is -2.37. The molecule has 0 spiro atoms. The minimum atomic E-state index is -0.643. The fourth-order valence-electron chi connectivity index (χ4n) is 3.61. The second kappa shape index (κ2) is 10.2. The van der Waals surface area contributed by atoms with Gasteiger partial charge in [0.25, 0.3) is 16.8 Å². The average molecular weight is 510 g/mol. The Morgan fingerprint density at radius 1 is 1.08 bits per heavy atom. The number of hydrogen-bond donors (Lipinski definition) is 3. The molecule has 0 bridgehead atoms. The van der Waals surface area contributed by atoms with Crippen molar-refractivity contribution in [1.82, 2.24) is 9.88 Å². The van der Waals surface area contributed by atoms with E-state index in [0.717, 1.165) is 0 Å². The highest BCUT2D eigenvalue weighted by atomic mass is 35.5. The first-order valence-electron chi connectivity index (χ1n) is 10.9. The molecule has 0 radical (unpaired) electrons. The Morgan fingerprint density at radius 2 is 1.83 bits per heavy atom. The number of nitrogens with one attached hydrogen (secondary N) is 2. The van der Waals surface area contributed by atoms with E-state index in [4.69, 9.17) is 26.8 Å². The third kappa shape index (κ3) is 4.95. The summed E-state index contributed by atoms with van der Waals surface area (Å²) in [5, 5.41) is 6.76. The summed E-state index contributed by atoms with van der Waals surface area (Å²) < 4.78 is 11.3. The number of amides is 1.